The summed E-state index contributed by atoms with van der Waals surface area (Å²) >= 11 is 0. The number of hydrogen-bond donors (Lipinski definition) is 2. The van der Waals surface area contributed by atoms with Crippen molar-refractivity contribution in [1.29, 1.82) is 0 Å². The Kier molecular flexibility index (Phi) is 8.09. The van der Waals surface area contributed by atoms with Crippen LogP contribution in [-0.4, -0.2) is 36.9 Å². The van der Waals surface area contributed by atoms with Gasteiger partial charge in [-0.15, -0.1) is 24.0 Å². The minimum atomic E-state index is -0.0691. The van der Waals surface area contributed by atoms with Crippen LogP contribution in [-0.2, 0) is 19.5 Å². The van der Waals surface area contributed by atoms with E-state index in [2.05, 4.69) is 46.7 Å². The molecule has 0 radical (unpaired) electrons. The SMILES string of the molecule is CCNC(=NCc1ccc(C(=O)NC)cc1)N1CCc2ccccc2C1.I. The molecule has 1 aliphatic rings. The van der Waals surface area contributed by atoms with Crippen molar-refractivity contribution in [2.75, 3.05) is 20.1 Å². The lowest BCUT2D eigenvalue weighted by Gasteiger charge is -2.31. The number of rotatable bonds is 4. The molecule has 0 unspecified atom stereocenters. The van der Waals surface area contributed by atoms with Gasteiger partial charge >= 0.3 is 0 Å². The molecule has 0 aromatic heterocycles. The number of nitrogens with zero attached hydrogens (tertiary/aromatic N) is 2. The third-order valence-corrected chi connectivity index (χ3v) is 4.62. The maximum absolute atomic E-state index is 11.6. The number of aliphatic imine (C=N–C) groups is 1. The molecule has 1 amide bonds. The monoisotopic (exact) mass is 478 g/mol. The van der Waals surface area contributed by atoms with Crippen LogP contribution in [0.5, 0.6) is 0 Å². The van der Waals surface area contributed by atoms with Gasteiger partial charge in [0, 0.05) is 32.2 Å². The highest BCUT2D eigenvalue weighted by Gasteiger charge is 2.18. The first kappa shape index (κ1) is 21.2. The summed E-state index contributed by atoms with van der Waals surface area (Å²) in [5.74, 6) is 0.873. The van der Waals surface area contributed by atoms with Crippen LogP contribution in [0.1, 0.15) is 34.0 Å². The lowest BCUT2D eigenvalue weighted by molar-refractivity contribution is 0.0963. The number of guanidine groups is 1. The Morgan fingerprint density at radius 1 is 1.11 bits per heavy atom. The fourth-order valence-corrected chi connectivity index (χ4v) is 3.17. The summed E-state index contributed by atoms with van der Waals surface area (Å²) in [7, 11) is 1.64. The Bertz CT molecular complexity index is 789. The second-order valence-corrected chi connectivity index (χ2v) is 6.39. The molecule has 0 saturated heterocycles. The average molecular weight is 478 g/mol. The van der Waals surface area contributed by atoms with E-state index in [9.17, 15) is 4.79 Å². The molecule has 5 nitrogen and oxygen atoms in total. The highest BCUT2D eigenvalue weighted by Crippen LogP contribution is 2.18. The Morgan fingerprint density at radius 2 is 1.81 bits per heavy atom. The Labute approximate surface area is 178 Å². The van der Waals surface area contributed by atoms with Crippen molar-refractivity contribution in [2.45, 2.75) is 26.4 Å². The van der Waals surface area contributed by atoms with Gasteiger partial charge in [0.25, 0.3) is 5.91 Å². The van der Waals surface area contributed by atoms with E-state index in [4.69, 9.17) is 4.99 Å². The van der Waals surface area contributed by atoms with Gasteiger partial charge in [0.15, 0.2) is 5.96 Å². The molecule has 2 aromatic carbocycles. The number of nitrogens with one attached hydrogen (secondary N) is 2. The van der Waals surface area contributed by atoms with Crippen LogP contribution in [0.25, 0.3) is 0 Å². The van der Waals surface area contributed by atoms with Gasteiger partial charge in [0.2, 0.25) is 0 Å². The summed E-state index contributed by atoms with van der Waals surface area (Å²) in [5, 5.41) is 6.04. The van der Waals surface area contributed by atoms with Crippen LogP contribution in [0.3, 0.4) is 0 Å². The van der Waals surface area contributed by atoms with Crippen molar-refractivity contribution in [3.8, 4) is 0 Å². The maximum Gasteiger partial charge on any atom is 0.251 e. The minimum Gasteiger partial charge on any atom is -0.356 e. The molecule has 27 heavy (non-hydrogen) atoms. The predicted molar refractivity (Wildman–Crippen MR) is 121 cm³/mol. The van der Waals surface area contributed by atoms with E-state index < -0.39 is 0 Å². The number of fused-ring (bicyclic) bond motifs is 1. The van der Waals surface area contributed by atoms with Crippen molar-refractivity contribution in [3.63, 3.8) is 0 Å². The van der Waals surface area contributed by atoms with Crippen molar-refractivity contribution in [1.82, 2.24) is 15.5 Å². The highest BCUT2D eigenvalue weighted by molar-refractivity contribution is 14.0. The number of carbonyl (C=O) groups is 1. The number of halogens is 1. The smallest absolute Gasteiger partial charge is 0.251 e. The molecule has 0 bridgehead atoms. The van der Waals surface area contributed by atoms with Crippen molar-refractivity contribution >= 4 is 35.8 Å². The Morgan fingerprint density at radius 3 is 2.48 bits per heavy atom. The Balaban J connectivity index is 0.00000261. The van der Waals surface area contributed by atoms with E-state index in [1.807, 2.05) is 24.3 Å². The average Bonchev–Trinajstić information content (AvgIpc) is 2.70. The van der Waals surface area contributed by atoms with Crippen LogP contribution in [0.15, 0.2) is 53.5 Å². The lowest BCUT2D eigenvalue weighted by Crippen LogP contribution is -2.44. The second kappa shape index (κ2) is 10.3. The molecule has 1 heterocycles. The molecule has 3 rings (SSSR count). The number of carbonyl (C=O) groups excluding carboxylic acids is 1. The van der Waals surface area contributed by atoms with Gasteiger partial charge in [-0.05, 0) is 42.2 Å². The number of amides is 1. The first-order chi connectivity index (χ1) is 12.7. The van der Waals surface area contributed by atoms with E-state index in [-0.39, 0.29) is 29.9 Å². The third kappa shape index (κ3) is 5.45. The fourth-order valence-electron chi connectivity index (χ4n) is 3.17. The molecule has 1 aliphatic heterocycles. The largest absolute Gasteiger partial charge is 0.356 e. The Hall–Kier alpha value is -2.09. The van der Waals surface area contributed by atoms with E-state index in [0.29, 0.717) is 12.1 Å². The minimum absolute atomic E-state index is 0. The van der Waals surface area contributed by atoms with Crippen LogP contribution < -0.4 is 10.6 Å². The van der Waals surface area contributed by atoms with Crippen LogP contribution in [0, 0.1) is 0 Å². The predicted octanol–water partition coefficient (Wildman–Crippen LogP) is 3.19. The summed E-state index contributed by atoms with van der Waals surface area (Å²) in [5.41, 5.74) is 4.56. The molecule has 0 fully saturated rings. The van der Waals surface area contributed by atoms with Crippen molar-refractivity contribution in [3.05, 3.63) is 70.8 Å². The highest BCUT2D eigenvalue weighted by atomic mass is 127. The molecule has 2 aromatic rings. The topological polar surface area (TPSA) is 56.7 Å². The third-order valence-electron chi connectivity index (χ3n) is 4.62. The van der Waals surface area contributed by atoms with Gasteiger partial charge < -0.3 is 15.5 Å². The van der Waals surface area contributed by atoms with E-state index in [0.717, 1.165) is 37.6 Å². The zero-order chi connectivity index (χ0) is 18.4. The zero-order valence-electron chi connectivity index (χ0n) is 15.9. The lowest BCUT2D eigenvalue weighted by atomic mass is 10.0. The molecule has 0 saturated carbocycles. The van der Waals surface area contributed by atoms with Crippen molar-refractivity contribution < 1.29 is 4.79 Å². The standard InChI is InChI=1S/C21H26N4O.HI/c1-3-23-21(25-13-12-17-6-4-5-7-19(17)15-25)24-14-16-8-10-18(11-9-16)20(26)22-2;/h4-11H,3,12-15H2,1-2H3,(H,22,26)(H,23,24);1H. The van der Waals surface area contributed by atoms with E-state index >= 15 is 0 Å². The van der Waals surface area contributed by atoms with Crippen LogP contribution in [0.4, 0.5) is 0 Å². The molecule has 6 heteroatoms. The number of benzene rings is 2. The molecular weight excluding hydrogens is 451 g/mol. The second-order valence-electron chi connectivity index (χ2n) is 6.39. The molecule has 0 atom stereocenters. The number of hydrogen-bond acceptors (Lipinski definition) is 2. The van der Waals surface area contributed by atoms with Gasteiger partial charge in [-0.25, -0.2) is 4.99 Å². The van der Waals surface area contributed by atoms with Gasteiger partial charge in [0.1, 0.15) is 0 Å². The molecule has 2 N–H and O–H groups in total. The quantitative estimate of drug-likeness (QED) is 0.403. The first-order valence-electron chi connectivity index (χ1n) is 9.12. The summed E-state index contributed by atoms with van der Waals surface area (Å²) in [6.07, 6.45) is 1.04. The van der Waals surface area contributed by atoms with Crippen LogP contribution in [0.2, 0.25) is 0 Å². The van der Waals surface area contributed by atoms with Gasteiger partial charge in [0.05, 0.1) is 6.54 Å². The van der Waals surface area contributed by atoms with Gasteiger partial charge in [-0.1, -0.05) is 36.4 Å². The normalized spacial score (nSPS) is 13.4. The summed E-state index contributed by atoms with van der Waals surface area (Å²) in [6.45, 7) is 5.38. The summed E-state index contributed by atoms with van der Waals surface area (Å²) in [6, 6.07) is 16.2. The molecular formula is C21H27IN4O. The van der Waals surface area contributed by atoms with E-state index in [1.54, 1.807) is 7.05 Å². The van der Waals surface area contributed by atoms with Gasteiger partial charge in [-0.2, -0.15) is 0 Å². The van der Waals surface area contributed by atoms with Crippen molar-refractivity contribution in [2.24, 2.45) is 4.99 Å². The van der Waals surface area contributed by atoms with Gasteiger partial charge in [-0.3, -0.25) is 4.79 Å². The summed E-state index contributed by atoms with van der Waals surface area (Å²) in [4.78, 5) is 18.7. The van der Waals surface area contributed by atoms with Crippen LogP contribution >= 0.6 is 24.0 Å². The molecule has 144 valence electrons. The zero-order valence-corrected chi connectivity index (χ0v) is 18.2. The summed E-state index contributed by atoms with van der Waals surface area (Å²) < 4.78 is 0. The fraction of sp³-hybridized carbons (Fsp3) is 0.333. The van der Waals surface area contributed by atoms with E-state index in [1.165, 1.54) is 11.1 Å². The molecule has 0 aliphatic carbocycles. The first-order valence-corrected chi connectivity index (χ1v) is 9.12. The maximum atomic E-state index is 11.6. The molecule has 0 spiro atoms.